The van der Waals surface area contributed by atoms with Crippen molar-refractivity contribution >= 4 is 44.3 Å². The topological polar surface area (TPSA) is 106 Å². The zero-order valence-electron chi connectivity index (χ0n) is 20.8. The summed E-state index contributed by atoms with van der Waals surface area (Å²) in [6.07, 6.45) is 1.43. The fourth-order valence-electron chi connectivity index (χ4n) is 6.43. The number of fused-ring (bicyclic) bond motifs is 2. The standard InChI is InChI=1S/C24H32ClN5O5S/c1-4-30-23(7-9-27(10-8-23)17(2)31)14-29-22(32)13-28(15-24(29,30)16-35-3)36(33,34)21-12-18-11-19(25)5-6-20(18)26-21/h5-6,11-12,26H,4,7-10,13-16H2,1-3H3. The number of likely N-dealkylation sites (N-methyl/N-ethyl adjacent to an activating group) is 1. The molecule has 5 rings (SSSR count). The van der Waals surface area contributed by atoms with E-state index in [2.05, 4.69) is 9.88 Å². The van der Waals surface area contributed by atoms with Gasteiger partial charge in [-0.05, 0) is 43.7 Å². The number of aromatic nitrogens is 1. The number of rotatable bonds is 5. The van der Waals surface area contributed by atoms with Gasteiger partial charge in [-0.25, -0.2) is 8.42 Å². The molecule has 1 aromatic carbocycles. The summed E-state index contributed by atoms with van der Waals surface area (Å²) in [5, 5.41) is 1.22. The predicted octanol–water partition coefficient (Wildman–Crippen LogP) is 1.71. The average Bonchev–Trinajstić information content (AvgIpc) is 3.37. The molecule has 3 fully saturated rings. The number of sulfonamides is 1. The van der Waals surface area contributed by atoms with Crippen molar-refractivity contribution in [2.24, 2.45) is 0 Å². The van der Waals surface area contributed by atoms with Gasteiger partial charge in [-0.1, -0.05) is 18.5 Å². The summed E-state index contributed by atoms with van der Waals surface area (Å²) in [4.78, 5) is 34.4. The Morgan fingerprint density at radius 2 is 1.92 bits per heavy atom. The number of halogens is 1. The highest BCUT2D eigenvalue weighted by molar-refractivity contribution is 7.89. The number of likely N-dealkylation sites (tertiary alicyclic amines) is 1. The van der Waals surface area contributed by atoms with Crippen LogP contribution in [0.2, 0.25) is 5.02 Å². The minimum atomic E-state index is -4.01. The third kappa shape index (κ3) is 3.83. The molecular formula is C24H32ClN5O5S. The van der Waals surface area contributed by atoms with E-state index in [0.29, 0.717) is 54.9 Å². The largest absolute Gasteiger partial charge is 0.381 e. The van der Waals surface area contributed by atoms with E-state index >= 15 is 0 Å². The van der Waals surface area contributed by atoms with Crippen LogP contribution in [0.25, 0.3) is 10.9 Å². The number of piperazine rings is 1. The molecule has 3 aliphatic heterocycles. The van der Waals surface area contributed by atoms with Crippen molar-refractivity contribution in [3.05, 3.63) is 29.3 Å². The number of hydrogen-bond donors (Lipinski definition) is 1. The molecule has 1 aromatic heterocycles. The normalized spacial score (nSPS) is 25.2. The Kier molecular flexibility index (Phi) is 6.36. The summed E-state index contributed by atoms with van der Waals surface area (Å²) < 4.78 is 34.5. The summed E-state index contributed by atoms with van der Waals surface area (Å²) in [5.74, 6) is -0.200. The Labute approximate surface area is 216 Å². The van der Waals surface area contributed by atoms with Gasteiger partial charge in [0, 0.05) is 55.1 Å². The lowest BCUT2D eigenvalue weighted by Gasteiger charge is -2.52. The molecule has 0 saturated carbocycles. The van der Waals surface area contributed by atoms with E-state index in [-0.39, 0.29) is 42.1 Å². The number of benzene rings is 1. The highest BCUT2D eigenvalue weighted by atomic mass is 35.5. The van der Waals surface area contributed by atoms with Crippen molar-refractivity contribution in [2.75, 3.05) is 53.0 Å². The first-order valence-corrected chi connectivity index (χ1v) is 14.0. The Bertz CT molecular complexity index is 1310. The fraction of sp³-hybridized carbons (Fsp3) is 0.583. The maximum absolute atomic E-state index is 13.8. The van der Waals surface area contributed by atoms with Gasteiger partial charge in [0.15, 0.2) is 0 Å². The maximum Gasteiger partial charge on any atom is 0.259 e. The number of nitrogens with one attached hydrogen (secondary N) is 1. The first kappa shape index (κ1) is 25.5. The molecule has 2 aromatic rings. The molecule has 10 nitrogen and oxygen atoms in total. The van der Waals surface area contributed by atoms with Gasteiger partial charge in [-0.15, -0.1) is 0 Å². The minimum absolute atomic E-state index is 0.0270. The number of nitrogens with zero attached hydrogens (tertiary/aromatic N) is 4. The molecular weight excluding hydrogens is 506 g/mol. The van der Waals surface area contributed by atoms with E-state index in [1.54, 1.807) is 38.3 Å². The van der Waals surface area contributed by atoms with E-state index in [1.165, 1.54) is 4.31 Å². The monoisotopic (exact) mass is 537 g/mol. The average molecular weight is 538 g/mol. The molecule has 1 spiro atoms. The van der Waals surface area contributed by atoms with Gasteiger partial charge in [0.2, 0.25) is 11.8 Å². The number of methoxy groups -OCH3 is 1. The van der Waals surface area contributed by atoms with Gasteiger partial charge in [0.05, 0.1) is 19.7 Å². The summed E-state index contributed by atoms with van der Waals surface area (Å²) in [6.45, 7) is 5.96. The van der Waals surface area contributed by atoms with Crippen LogP contribution in [0.5, 0.6) is 0 Å². The summed E-state index contributed by atoms with van der Waals surface area (Å²) in [5.41, 5.74) is -0.617. The first-order chi connectivity index (χ1) is 17.1. The predicted molar refractivity (Wildman–Crippen MR) is 135 cm³/mol. The third-order valence-corrected chi connectivity index (χ3v) is 10.0. The number of piperidine rings is 1. The smallest absolute Gasteiger partial charge is 0.259 e. The molecule has 196 valence electrons. The number of carbonyl (C=O) groups excluding carboxylic acids is 2. The van der Waals surface area contributed by atoms with Crippen LogP contribution in [0.15, 0.2) is 29.3 Å². The molecule has 1 N–H and O–H groups in total. The van der Waals surface area contributed by atoms with Crippen molar-refractivity contribution in [3.8, 4) is 0 Å². The molecule has 2 amide bonds. The van der Waals surface area contributed by atoms with Gasteiger partial charge < -0.3 is 19.5 Å². The van der Waals surface area contributed by atoms with Crippen molar-refractivity contribution in [2.45, 2.75) is 42.9 Å². The second-order valence-corrected chi connectivity index (χ2v) is 12.4. The Morgan fingerprint density at radius 3 is 2.56 bits per heavy atom. The zero-order chi connectivity index (χ0) is 25.9. The second-order valence-electron chi connectivity index (χ2n) is 10.0. The van der Waals surface area contributed by atoms with Crippen LogP contribution >= 0.6 is 11.6 Å². The number of aromatic amines is 1. The van der Waals surface area contributed by atoms with Crippen molar-refractivity contribution in [3.63, 3.8) is 0 Å². The van der Waals surface area contributed by atoms with Gasteiger partial charge in [-0.2, -0.15) is 4.31 Å². The Balaban J connectivity index is 1.51. The third-order valence-electron chi connectivity index (χ3n) is 8.08. The van der Waals surface area contributed by atoms with Crippen LogP contribution in [0.3, 0.4) is 0 Å². The molecule has 0 radical (unpaired) electrons. The maximum atomic E-state index is 13.8. The van der Waals surface area contributed by atoms with E-state index in [1.807, 2.05) is 16.7 Å². The number of amides is 2. The van der Waals surface area contributed by atoms with Crippen LogP contribution in [0, 0.1) is 0 Å². The van der Waals surface area contributed by atoms with Crippen LogP contribution in [0.1, 0.15) is 26.7 Å². The quantitative estimate of drug-likeness (QED) is 0.622. The van der Waals surface area contributed by atoms with Crippen LogP contribution in [-0.4, -0.2) is 108 Å². The van der Waals surface area contributed by atoms with Gasteiger partial charge >= 0.3 is 0 Å². The van der Waals surface area contributed by atoms with Crippen LogP contribution < -0.4 is 0 Å². The molecule has 0 bridgehead atoms. The van der Waals surface area contributed by atoms with E-state index < -0.39 is 15.7 Å². The van der Waals surface area contributed by atoms with Crippen molar-refractivity contribution < 1.29 is 22.7 Å². The Morgan fingerprint density at radius 1 is 1.19 bits per heavy atom. The van der Waals surface area contributed by atoms with Crippen molar-refractivity contribution in [1.82, 2.24) is 24.0 Å². The number of H-pyrrole nitrogens is 1. The Hall–Kier alpha value is -2.18. The molecule has 12 heteroatoms. The minimum Gasteiger partial charge on any atom is -0.381 e. The molecule has 3 aliphatic rings. The summed E-state index contributed by atoms with van der Waals surface area (Å²) in [6, 6.07) is 6.69. The molecule has 4 heterocycles. The van der Waals surface area contributed by atoms with Gasteiger partial charge in [0.1, 0.15) is 10.7 Å². The molecule has 36 heavy (non-hydrogen) atoms. The molecule has 3 saturated heterocycles. The van der Waals surface area contributed by atoms with Gasteiger partial charge in [0.25, 0.3) is 10.0 Å². The number of hydrogen-bond acceptors (Lipinski definition) is 6. The number of ether oxygens (including phenoxy) is 1. The van der Waals surface area contributed by atoms with E-state index in [4.69, 9.17) is 16.3 Å². The van der Waals surface area contributed by atoms with E-state index in [9.17, 15) is 18.0 Å². The highest BCUT2D eigenvalue weighted by Gasteiger charge is 2.64. The van der Waals surface area contributed by atoms with Crippen LogP contribution in [-0.2, 0) is 24.3 Å². The first-order valence-electron chi connectivity index (χ1n) is 12.2. The summed E-state index contributed by atoms with van der Waals surface area (Å²) >= 11 is 6.09. The number of carbonyl (C=O) groups is 2. The fourth-order valence-corrected chi connectivity index (χ4v) is 8.06. The van der Waals surface area contributed by atoms with Crippen molar-refractivity contribution in [1.29, 1.82) is 0 Å². The van der Waals surface area contributed by atoms with Crippen LogP contribution in [0.4, 0.5) is 0 Å². The zero-order valence-corrected chi connectivity index (χ0v) is 22.4. The van der Waals surface area contributed by atoms with E-state index in [0.717, 1.165) is 0 Å². The molecule has 1 atom stereocenters. The molecule has 0 aliphatic carbocycles. The SMILES string of the molecule is CCN1C2(CCN(C(C)=O)CC2)CN2C(=O)CN(S(=O)(=O)c3cc4cc(Cl)ccc4[nH]3)CC21COC. The highest BCUT2D eigenvalue weighted by Crippen LogP contribution is 2.46. The second kappa shape index (κ2) is 8.98. The molecule has 1 unspecified atom stereocenters. The lowest BCUT2D eigenvalue weighted by Crippen LogP contribution is -2.71. The lowest BCUT2D eigenvalue weighted by molar-refractivity contribution is -0.154. The lowest BCUT2D eigenvalue weighted by atomic mass is 9.86. The van der Waals surface area contributed by atoms with Gasteiger partial charge in [-0.3, -0.25) is 14.5 Å². The summed E-state index contributed by atoms with van der Waals surface area (Å²) in [7, 11) is -2.43.